The number of aromatic nitrogens is 1. The summed E-state index contributed by atoms with van der Waals surface area (Å²) in [4.78, 5) is 36.7. The van der Waals surface area contributed by atoms with E-state index >= 15 is 0 Å². The number of carbonyl (C=O) groups excluding carboxylic acids is 2. The van der Waals surface area contributed by atoms with Gasteiger partial charge in [0, 0.05) is 18.0 Å². The zero-order valence-corrected chi connectivity index (χ0v) is 9.20. The maximum Gasteiger partial charge on any atom is 0.310 e. The van der Waals surface area contributed by atoms with E-state index in [4.69, 9.17) is 4.74 Å². The van der Waals surface area contributed by atoms with Crippen LogP contribution in [0.4, 0.5) is 0 Å². The Morgan fingerprint density at radius 3 is 2.62 bits per heavy atom. The highest BCUT2D eigenvalue weighted by Crippen LogP contribution is 1.98. The molecule has 16 heavy (non-hydrogen) atoms. The van der Waals surface area contributed by atoms with Crippen molar-refractivity contribution >= 4 is 11.8 Å². The second kappa shape index (κ2) is 5.25. The third kappa shape index (κ3) is 2.79. The molecule has 0 aliphatic carbocycles. The first-order valence-electron chi connectivity index (χ1n) is 4.92. The van der Waals surface area contributed by atoms with Gasteiger partial charge in [-0.3, -0.25) is 14.4 Å². The lowest BCUT2D eigenvalue weighted by molar-refractivity contribution is -0.142. The second-order valence-corrected chi connectivity index (χ2v) is 3.26. The van der Waals surface area contributed by atoms with Crippen molar-refractivity contribution in [2.75, 3.05) is 6.61 Å². The quantitative estimate of drug-likeness (QED) is 0.601. The minimum absolute atomic E-state index is 0.0572. The lowest BCUT2D eigenvalue weighted by Crippen LogP contribution is -2.21. The number of hydrogen-bond donors (Lipinski definition) is 1. The third-order valence-corrected chi connectivity index (χ3v) is 2.04. The van der Waals surface area contributed by atoms with E-state index in [1.807, 2.05) is 0 Å². The number of hydrogen-bond acceptors (Lipinski definition) is 4. The topological polar surface area (TPSA) is 76.2 Å². The standard InChI is InChI=1S/C11H13NO4/c1-3-16-10(14)4-8-5-12-6-9(7(2)13)11(8)15/h5-6H,3-4H2,1-2H3,(H,12,15). The molecule has 1 aromatic rings. The molecule has 1 rings (SSSR count). The minimum atomic E-state index is -0.478. The van der Waals surface area contributed by atoms with Gasteiger partial charge >= 0.3 is 5.97 Å². The normalized spacial score (nSPS) is 9.88. The molecule has 5 heteroatoms. The van der Waals surface area contributed by atoms with Crippen LogP contribution in [-0.4, -0.2) is 23.3 Å². The van der Waals surface area contributed by atoms with Crippen molar-refractivity contribution in [1.82, 2.24) is 4.98 Å². The largest absolute Gasteiger partial charge is 0.466 e. The zero-order valence-electron chi connectivity index (χ0n) is 9.20. The number of pyridine rings is 1. The number of carbonyl (C=O) groups is 2. The summed E-state index contributed by atoms with van der Waals surface area (Å²) in [6, 6.07) is 0. The summed E-state index contributed by atoms with van der Waals surface area (Å²) in [6.07, 6.45) is 2.62. The molecule has 1 N–H and O–H groups in total. The monoisotopic (exact) mass is 223 g/mol. The van der Waals surface area contributed by atoms with Gasteiger partial charge in [-0.15, -0.1) is 0 Å². The predicted molar refractivity (Wildman–Crippen MR) is 57.4 cm³/mol. The third-order valence-electron chi connectivity index (χ3n) is 2.04. The van der Waals surface area contributed by atoms with Crippen LogP contribution in [0.15, 0.2) is 17.2 Å². The van der Waals surface area contributed by atoms with E-state index in [2.05, 4.69) is 4.98 Å². The molecule has 0 spiro atoms. The maximum absolute atomic E-state index is 11.7. The Hall–Kier alpha value is -1.91. The van der Waals surface area contributed by atoms with Gasteiger partial charge in [-0.1, -0.05) is 0 Å². The number of ketones is 1. The van der Waals surface area contributed by atoms with Crippen LogP contribution in [0.3, 0.4) is 0 Å². The molecule has 0 radical (unpaired) electrons. The fourth-order valence-electron chi connectivity index (χ4n) is 1.29. The van der Waals surface area contributed by atoms with Gasteiger partial charge in [-0.2, -0.15) is 0 Å². The number of esters is 1. The molecule has 0 fully saturated rings. The summed E-state index contributed by atoms with van der Waals surface area (Å²) in [5, 5.41) is 0. The molecule has 1 heterocycles. The molecule has 0 saturated carbocycles. The van der Waals surface area contributed by atoms with Crippen LogP contribution < -0.4 is 5.43 Å². The fraction of sp³-hybridized carbons (Fsp3) is 0.364. The van der Waals surface area contributed by atoms with Gasteiger partial charge in [0.15, 0.2) is 11.2 Å². The number of aromatic amines is 1. The first-order chi connectivity index (χ1) is 7.56. The van der Waals surface area contributed by atoms with Gasteiger partial charge in [0.05, 0.1) is 18.6 Å². The fourth-order valence-corrected chi connectivity index (χ4v) is 1.29. The first-order valence-corrected chi connectivity index (χ1v) is 4.92. The first kappa shape index (κ1) is 12.2. The van der Waals surface area contributed by atoms with Crippen LogP contribution in [0, 0.1) is 0 Å². The Morgan fingerprint density at radius 2 is 2.06 bits per heavy atom. The lowest BCUT2D eigenvalue weighted by atomic mass is 10.1. The molecule has 0 aromatic carbocycles. The molecule has 0 aliphatic heterocycles. The summed E-state index contributed by atoms with van der Waals surface area (Å²) < 4.78 is 4.72. The van der Waals surface area contributed by atoms with Crippen molar-refractivity contribution < 1.29 is 14.3 Å². The number of rotatable bonds is 4. The summed E-state index contributed by atoms with van der Waals surface area (Å²) in [7, 11) is 0. The van der Waals surface area contributed by atoms with E-state index in [1.165, 1.54) is 19.3 Å². The Morgan fingerprint density at radius 1 is 1.38 bits per heavy atom. The van der Waals surface area contributed by atoms with Gasteiger partial charge in [0.1, 0.15) is 0 Å². The molecule has 0 saturated heterocycles. The average Bonchev–Trinajstić information content (AvgIpc) is 2.21. The van der Waals surface area contributed by atoms with Crippen molar-refractivity contribution in [3.05, 3.63) is 33.7 Å². The minimum Gasteiger partial charge on any atom is -0.466 e. The van der Waals surface area contributed by atoms with E-state index in [9.17, 15) is 14.4 Å². The molecule has 5 nitrogen and oxygen atoms in total. The van der Waals surface area contributed by atoms with E-state index in [1.54, 1.807) is 6.92 Å². The van der Waals surface area contributed by atoms with Crippen LogP contribution in [0.5, 0.6) is 0 Å². The highest BCUT2D eigenvalue weighted by atomic mass is 16.5. The van der Waals surface area contributed by atoms with Gasteiger partial charge in [-0.05, 0) is 13.8 Å². The maximum atomic E-state index is 11.7. The van der Waals surface area contributed by atoms with Crippen molar-refractivity contribution in [3.63, 3.8) is 0 Å². The Kier molecular flexibility index (Phi) is 3.99. The van der Waals surface area contributed by atoms with Crippen LogP contribution >= 0.6 is 0 Å². The summed E-state index contributed by atoms with van der Waals surface area (Å²) >= 11 is 0. The van der Waals surface area contributed by atoms with E-state index in [-0.39, 0.29) is 29.9 Å². The van der Waals surface area contributed by atoms with Gasteiger partial charge in [0.2, 0.25) is 0 Å². The molecule has 0 atom stereocenters. The molecule has 0 unspecified atom stereocenters. The zero-order chi connectivity index (χ0) is 12.1. The van der Waals surface area contributed by atoms with Crippen molar-refractivity contribution in [1.29, 1.82) is 0 Å². The Balaban J connectivity index is 2.98. The molecule has 0 amide bonds. The predicted octanol–water partition coefficient (Wildman–Crippen LogP) is 0.683. The molecular formula is C11H13NO4. The van der Waals surface area contributed by atoms with Crippen molar-refractivity contribution in [2.45, 2.75) is 20.3 Å². The second-order valence-electron chi connectivity index (χ2n) is 3.26. The summed E-state index contributed by atoms with van der Waals surface area (Å²) in [5.74, 6) is -0.805. The number of H-pyrrole nitrogens is 1. The van der Waals surface area contributed by atoms with Crippen molar-refractivity contribution in [3.8, 4) is 0 Å². The van der Waals surface area contributed by atoms with Crippen LogP contribution in [0.2, 0.25) is 0 Å². The van der Waals surface area contributed by atoms with Gasteiger partial charge in [0.25, 0.3) is 0 Å². The highest BCUT2D eigenvalue weighted by Gasteiger charge is 2.12. The van der Waals surface area contributed by atoms with Crippen LogP contribution in [0.25, 0.3) is 0 Å². The Bertz CT molecular complexity index is 461. The summed E-state index contributed by atoms with van der Waals surface area (Å²) in [6.45, 7) is 3.26. The average molecular weight is 223 g/mol. The number of Topliss-reactive ketones (excluding diaryl/α,β-unsaturated/α-hetero) is 1. The van der Waals surface area contributed by atoms with E-state index in [0.29, 0.717) is 0 Å². The lowest BCUT2D eigenvalue weighted by Gasteiger charge is -2.02. The smallest absolute Gasteiger partial charge is 0.310 e. The molecule has 1 aromatic heterocycles. The highest BCUT2D eigenvalue weighted by molar-refractivity contribution is 5.93. The van der Waals surface area contributed by atoms with Crippen LogP contribution in [-0.2, 0) is 16.0 Å². The van der Waals surface area contributed by atoms with Gasteiger partial charge in [-0.25, -0.2) is 0 Å². The molecule has 0 bridgehead atoms. The SMILES string of the molecule is CCOC(=O)Cc1c[nH]cc(C(C)=O)c1=O. The van der Waals surface area contributed by atoms with Crippen LogP contribution in [0.1, 0.15) is 29.8 Å². The molecular weight excluding hydrogens is 210 g/mol. The van der Waals surface area contributed by atoms with Gasteiger partial charge < -0.3 is 9.72 Å². The number of nitrogens with one attached hydrogen (secondary N) is 1. The summed E-state index contributed by atoms with van der Waals surface area (Å²) in [5.41, 5.74) is -0.118. The molecule has 86 valence electrons. The van der Waals surface area contributed by atoms with E-state index < -0.39 is 11.4 Å². The Labute approximate surface area is 92.4 Å². The molecule has 0 aliphatic rings. The van der Waals surface area contributed by atoms with E-state index in [0.717, 1.165) is 0 Å². The number of ether oxygens (including phenoxy) is 1. The van der Waals surface area contributed by atoms with Crippen molar-refractivity contribution in [2.24, 2.45) is 0 Å².